The third kappa shape index (κ3) is 3.72. The minimum atomic E-state index is 0.0378. The fourth-order valence-electron chi connectivity index (χ4n) is 2.16. The standard InChI is InChI=1S/C14H18ClNO2/c1-10-4-5-12(15)8-13(10)16-14(17)7-11-3-2-6-18-9-11/h4-5,8,11H,2-3,6-7,9H2,1H3,(H,16,17). The highest BCUT2D eigenvalue weighted by Crippen LogP contribution is 2.22. The van der Waals surface area contributed by atoms with E-state index in [1.54, 1.807) is 6.07 Å². The van der Waals surface area contributed by atoms with Crippen molar-refractivity contribution in [3.8, 4) is 0 Å². The normalized spacial score (nSPS) is 19.6. The molecule has 2 rings (SSSR count). The molecule has 0 aliphatic carbocycles. The predicted octanol–water partition coefficient (Wildman–Crippen LogP) is 3.40. The van der Waals surface area contributed by atoms with Gasteiger partial charge in [0.05, 0.1) is 0 Å². The van der Waals surface area contributed by atoms with E-state index in [0.29, 0.717) is 24.0 Å². The zero-order chi connectivity index (χ0) is 13.0. The molecule has 1 N–H and O–H groups in total. The maximum atomic E-state index is 11.9. The Morgan fingerprint density at radius 3 is 3.11 bits per heavy atom. The van der Waals surface area contributed by atoms with Crippen LogP contribution in [0.5, 0.6) is 0 Å². The summed E-state index contributed by atoms with van der Waals surface area (Å²) < 4.78 is 5.37. The van der Waals surface area contributed by atoms with Gasteiger partial charge in [-0.15, -0.1) is 0 Å². The smallest absolute Gasteiger partial charge is 0.224 e. The molecule has 1 aromatic rings. The zero-order valence-electron chi connectivity index (χ0n) is 10.5. The van der Waals surface area contributed by atoms with Gasteiger partial charge in [0.2, 0.25) is 5.91 Å². The second-order valence-electron chi connectivity index (χ2n) is 4.79. The summed E-state index contributed by atoms with van der Waals surface area (Å²) in [7, 11) is 0. The van der Waals surface area contributed by atoms with Crippen LogP contribution in [0.25, 0.3) is 0 Å². The minimum absolute atomic E-state index is 0.0378. The van der Waals surface area contributed by atoms with E-state index in [2.05, 4.69) is 5.32 Å². The molecule has 4 heteroatoms. The van der Waals surface area contributed by atoms with Gasteiger partial charge in [-0.25, -0.2) is 0 Å². The van der Waals surface area contributed by atoms with Gasteiger partial charge in [-0.3, -0.25) is 4.79 Å². The fourth-order valence-corrected chi connectivity index (χ4v) is 2.33. The second-order valence-corrected chi connectivity index (χ2v) is 5.23. The van der Waals surface area contributed by atoms with Crippen molar-refractivity contribution in [3.63, 3.8) is 0 Å². The number of benzene rings is 1. The number of halogens is 1. The van der Waals surface area contributed by atoms with E-state index < -0.39 is 0 Å². The Morgan fingerprint density at radius 1 is 1.56 bits per heavy atom. The van der Waals surface area contributed by atoms with Crippen molar-refractivity contribution >= 4 is 23.2 Å². The molecule has 1 aliphatic rings. The lowest BCUT2D eigenvalue weighted by Gasteiger charge is -2.21. The van der Waals surface area contributed by atoms with Crippen molar-refractivity contribution in [3.05, 3.63) is 28.8 Å². The summed E-state index contributed by atoms with van der Waals surface area (Å²) in [5.74, 6) is 0.383. The van der Waals surface area contributed by atoms with Crippen molar-refractivity contribution in [1.29, 1.82) is 0 Å². The summed E-state index contributed by atoms with van der Waals surface area (Å²) in [6.07, 6.45) is 2.64. The average Bonchev–Trinajstić information content (AvgIpc) is 2.35. The highest BCUT2D eigenvalue weighted by atomic mass is 35.5. The monoisotopic (exact) mass is 267 g/mol. The van der Waals surface area contributed by atoms with Gasteiger partial charge >= 0.3 is 0 Å². The number of ether oxygens (including phenoxy) is 1. The molecule has 18 heavy (non-hydrogen) atoms. The first kappa shape index (κ1) is 13.4. The molecule has 1 heterocycles. The van der Waals surface area contributed by atoms with Crippen LogP contribution in [-0.4, -0.2) is 19.1 Å². The Balaban J connectivity index is 1.92. The number of aryl methyl sites for hydroxylation is 1. The van der Waals surface area contributed by atoms with Gasteiger partial charge in [0.15, 0.2) is 0 Å². The number of amides is 1. The maximum absolute atomic E-state index is 11.9. The van der Waals surface area contributed by atoms with E-state index in [9.17, 15) is 4.79 Å². The van der Waals surface area contributed by atoms with Crippen LogP contribution in [0.2, 0.25) is 5.02 Å². The Morgan fingerprint density at radius 2 is 2.39 bits per heavy atom. The molecule has 1 saturated heterocycles. The molecule has 1 fully saturated rings. The summed E-state index contributed by atoms with van der Waals surface area (Å²) in [5.41, 5.74) is 1.82. The number of nitrogens with one attached hydrogen (secondary N) is 1. The molecule has 0 spiro atoms. The maximum Gasteiger partial charge on any atom is 0.224 e. The van der Waals surface area contributed by atoms with Crippen LogP contribution in [0.3, 0.4) is 0 Å². The molecule has 3 nitrogen and oxygen atoms in total. The van der Waals surface area contributed by atoms with E-state index >= 15 is 0 Å². The van der Waals surface area contributed by atoms with Gasteiger partial charge in [-0.2, -0.15) is 0 Å². The van der Waals surface area contributed by atoms with Crippen LogP contribution in [0.1, 0.15) is 24.8 Å². The molecular weight excluding hydrogens is 250 g/mol. The molecule has 1 atom stereocenters. The number of carbonyl (C=O) groups is 1. The number of carbonyl (C=O) groups excluding carboxylic acids is 1. The molecule has 1 unspecified atom stereocenters. The lowest BCUT2D eigenvalue weighted by Crippen LogP contribution is -2.23. The molecule has 0 radical (unpaired) electrons. The van der Waals surface area contributed by atoms with Gasteiger partial charge < -0.3 is 10.1 Å². The Bertz CT molecular complexity index is 428. The Labute approximate surface area is 112 Å². The van der Waals surface area contributed by atoms with E-state index in [1.807, 2.05) is 19.1 Å². The van der Waals surface area contributed by atoms with Gasteiger partial charge in [-0.05, 0) is 43.4 Å². The third-order valence-electron chi connectivity index (χ3n) is 3.20. The predicted molar refractivity (Wildman–Crippen MR) is 73.0 cm³/mol. The summed E-state index contributed by atoms with van der Waals surface area (Å²) in [6, 6.07) is 5.51. The molecule has 1 amide bonds. The third-order valence-corrected chi connectivity index (χ3v) is 3.44. The summed E-state index contributed by atoms with van der Waals surface area (Å²) in [4.78, 5) is 11.9. The first-order valence-electron chi connectivity index (χ1n) is 6.29. The summed E-state index contributed by atoms with van der Waals surface area (Å²) in [5, 5.41) is 3.56. The molecule has 1 aromatic carbocycles. The highest BCUT2D eigenvalue weighted by molar-refractivity contribution is 6.31. The number of hydrogen-bond donors (Lipinski definition) is 1. The first-order chi connectivity index (χ1) is 8.65. The van der Waals surface area contributed by atoms with Gasteiger partial charge in [0.1, 0.15) is 0 Å². The van der Waals surface area contributed by atoms with Crippen LogP contribution in [-0.2, 0) is 9.53 Å². The first-order valence-corrected chi connectivity index (χ1v) is 6.66. The lowest BCUT2D eigenvalue weighted by molar-refractivity contribution is -0.118. The van der Waals surface area contributed by atoms with Crippen LogP contribution in [0, 0.1) is 12.8 Å². The van der Waals surface area contributed by atoms with Crippen LogP contribution in [0.15, 0.2) is 18.2 Å². The summed E-state index contributed by atoms with van der Waals surface area (Å²) in [6.45, 7) is 3.48. The van der Waals surface area contributed by atoms with E-state index in [4.69, 9.17) is 16.3 Å². The SMILES string of the molecule is Cc1ccc(Cl)cc1NC(=O)CC1CCCOC1. The molecule has 98 valence electrons. The molecule has 0 saturated carbocycles. The van der Waals surface area contributed by atoms with Crippen molar-refractivity contribution in [1.82, 2.24) is 0 Å². The topological polar surface area (TPSA) is 38.3 Å². The van der Waals surface area contributed by atoms with Crippen molar-refractivity contribution in [2.75, 3.05) is 18.5 Å². The molecule has 0 aromatic heterocycles. The quantitative estimate of drug-likeness (QED) is 0.911. The summed E-state index contributed by atoms with van der Waals surface area (Å²) >= 11 is 5.92. The van der Waals surface area contributed by atoms with Gasteiger partial charge in [-0.1, -0.05) is 17.7 Å². The molecule has 0 bridgehead atoms. The number of hydrogen-bond acceptors (Lipinski definition) is 2. The fraction of sp³-hybridized carbons (Fsp3) is 0.500. The van der Waals surface area contributed by atoms with Crippen molar-refractivity contribution in [2.24, 2.45) is 5.92 Å². The van der Waals surface area contributed by atoms with Crippen LogP contribution < -0.4 is 5.32 Å². The van der Waals surface area contributed by atoms with Crippen molar-refractivity contribution in [2.45, 2.75) is 26.2 Å². The molecule has 1 aliphatic heterocycles. The largest absolute Gasteiger partial charge is 0.381 e. The highest BCUT2D eigenvalue weighted by Gasteiger charge is 2.17. The van der Waals surface area contributed by atoms with E-state index in [1.165, 1.54) is 0 Å². The Hall–Kier alpha value is -1.06. The van der Waals surface area contributed by atoms with Gasteiger partial charge in [0.25, 0.3) is 0 Å². The average molecular weight is 268 g/mol. The Kier molecular flexibility index (Phi) is 4.61. The number of anilines is 1. The van der Waals surface area contributed by atoms with Crippen molar-refractivity contribution < 1.29 is 9.53 Å². The van der Waals surface area contributed by atoms with Crippen LogP contribution in [0.4, 0.5) is 5.69 Å². The lowest BCUT2D eigenvalue weighted by atomic mass is 9.98. The molecular formula is C14H18ClNO2. The van der Waals surface area contributed by atoms with Gasteiger partial charge in [0, 0.05) is 30.3 Å². The van der Waals surface area contributed by atoms with E-state index in [-0.39, 0.29) is 5.91 Å². The number of rotatable bonds is 3. The minimum Gasteiger partial charge on any atom is -0.381 e. The van der Waals surface area contributed by atoms with Crippen LogP contribution >= 0.6 is 11.6 Å². The second kappa shape index (κ2) is 6.21. The zero-order valence-corrected chi connectivity index (χ0v) is 11.3. The van der Waals surface area contributed by atoms with E-state index in [0.717, 1.165) is 30.7 Å².